The number of ether oxygens (including phenoxy) is 2. The third-order valence-electron chi connectivity index (χ3n) is 4.56. The summed E-state index contributed by atoms with van der Waals surface area (Å²) in [7, 11) is -1.45. The molecule has 1 aliphatic rings. The van der Waals surface area contributed by atoms with Crippen LogP contribution in [0.3, 0.4) is 0 Å². The van der Waals surface area contributed by atoms with Crippen LogP contribution in [0.4, 0.5) is 0 Å². The van der Waals surface area contributed by atoms with E-state index in [2.05, 4.69) is 6.58 Å². The summed E-state index contributed by atoms with van der Waals surface area (Å²) in [6.45, 7) is 5.24. The summed E-state index contributed by atoms with van der Waals surface area (Å²) in [5.74, 6) is 0.584. The SMILES string of the molecule is C=C/C=C\C=C(/C)O[C@H]1OC(CCP(O)Cc2ccccc2O)[C@@H](O)C(O)C1O. The maximum absolute atomic E-state index is 10.3. The number of para-hydroxylation sites is 1. The molecular formula is C21H29O7P. The molecule has 0 amide bonds. The molecule has 1 aromatic carbocycles. The van der Waals surface area contributed by atoms with Crippen molar-refractivity contribution in [2.24, 2.45) is 0 Å². The number of hydrogen-bond donors (Lipinski definition) is 5. The van der Waals surface area contributed by atoms with Crippen molar-refractivity contribution >= 4 is 8.15 Å². The average molecular weight is 424 g/mol. The van der Waals surface area contributed by atoms with E-state index in [1.54, 1.807) is 55.5 Å². The highest BCUT2D eigenvalue weighted by atomic mass is 31.1. The van der Waals surface area contributed by atoms with Crippen molar-refractivity contribution in [1.29, 1.82) is 0 Å². The highest BCUT2D eigenvalue weighted by Crippen LogP contribution is 2.39. The van der Waals surface area contributed by atoms with Crippen LogP contribution in [-0.2, 0) is 15.6 Å². The van der Waals surface area contributed by atoms with Crippen molar-refractivity contribution in [2.45, 2.75) is 50.2 Å². The predicted molar refractivity (Wildman–Crippen MR) is 111 cm³/mol. The number of allylic oxidation sites excluding steroid dienone is 5. The molecule has 1 fully saturated rings. The Hall–Kier alpha value is -1.73. The van der Waals surface area contributed by atoms with Crippen LogP contribution in [0.15, 0.2) is 60.9 Å². The lowest BCUT2D eigenvalue weighted by molar-refractivity contribution is -0.286. The summed E-state index contributed by atoms with van der Waals surface area (Å²) in [4.78, 5) is 10.3. The second-order valence-corrected chi connectivity index (χ2v) is 8.61. The molecule has 7 nitrogen and oxygen atoms in total. The lowest BCUT2D eigenvalue weighted by atomic mass is 9.97. The fourth-order valence-corrected chi connectivity index (χ4v) is 4.31. The number of phenols is 1. The molecule has 1 aromatic rings. The molecule has 1 saturated heterocycles. The van der Waals surface area contributed by atoms with Gasteiger partial charge in [0.05, 0.1) is 11.9 Å². The topological polar surface area (TPSA) is 120 Å². The number of rotatable bonds is 9. The van der Waals surface area contributed by atoms with E-state index >= 15 is 0 Å². The van der Waals surface area contributed by atoms with Gasteiger partial charge in [0.25, 0.3) is 0 Å². The predicted octanol–water partition coefficient (Wildman–Crippen LogP) is 2.14. The van der Waals surface area contributed by atoms with Gasteiger partial charge in [-0.3, -0.25) is 0 Å². The van der Waals surface area contributed by atoms with Crippen molar-refractivity contribution in [3.63, 3.8) is 0 Å². The Labute approximate surface area is 172 Å². The number of aromatic hydroxyl groups is 1. The van der Waals surface area contributed by atoms with Gasteiger partial charge >= 0.3 is 0 Å². The Morgan fingerprint density at radius 3 is 2.59 bits per heavy atom. The average Bonchev–Trinajstić information content (AvgIpc) is 2.69. The number of aliphatic hydroxyl groups is 3. The largest absolute Gasteiger partial charge is 0.508 e. The van der Waals surface area contributed by atoms with Crippen molar-refractivity contribution in [3.05, 3.63) is 66.5 Å². The number of hydrogen-bond acceptors (Lipinski definition) is 7. The van der Waals surface area contributed by atoms with Crippen LogP contribution < -0.4 is 0 Å². The Bertz CT molecular complexity index is 721. The molecule has 5 N–H and O–H groups in total. The van der Waals surface area contributed by atoms with Gasteiger partial charge in [-0.2, -0.15) is 0 Å². The van der Waals surface area contributed by atoms with Crippen LogP contribution >= 0.6 is 8.15 Å². The van der Waals surface area contributed by atoms with Gasteiger partial charge in [-0.1, -0.05) is 43.0 Å². The summed E-state index contributed by atoms with van der Waals surface area (Å²) in [6.07, 6.45) is 1.49. The first-order valence-electron chi connectivity index (χ1n) is 9.36. The number of phenolic OH excluding ortho intramolecular Hbond substituents is 1. The van der Waals surface area contributed by atoms with Crippen molar-refractivity contribution < 1.29 is 34.8 Å². The van der Waals surface area contributed by atoms with Crippen LogP contribution in [0, 0.1) is 0 Å². The summed E-state index contributed by atoms with van der Waals surface area (Å²) < 4.78 is 11.2. The van der Waals surface area contributed by atoms with Crippen molar-refractivity contribution in [1.82, 2.24) is 0 Å². The van der Waals surface area contributed by atoms with E-state index in [-0.39, 0.29) is 12.2 Å². The molecule has 4 unspecified atom stereocenters. The van der Waals surface area contributed by atoms with Gasteiger partial charge < -0.3 is 34.8 Å². The zero-order valence-corrected chi connectivity index (χ0v) is 17.2. The van der Waals surface area contributed by atoms with Crippen molar-refractivity contribution in [3.8, 4) is 5.75 Å². The summed E-state index contributed by atoms with van der Waals surface area (Å²) in [5.41, 5.74) is 0.649. The fraction of sp³-hybridized carbons (Fsp3) is 0.429. The monoisotopic (exact) mass is 424 g/mol. The van der Waals surface area contributed by atoms with E-state index in [0.717, 1.165) is 0 Å². The molecule has 0 aromatic heterocycles. The first kappa shape index (κ1) is 23.5. The van der Waals surface area contributed by atoms with E-state index in [4.69, 9.17) is 9.47 Å². The molecule has 6 atom stereocenters. The molecule has 1 aliphatic heterocycles. The normalized spacial score (nSPS) is 29.0. The van der Waals surface area contributed by atoms with E-state index in [9.17, 15) is 25.3 Å². The smallest absolute Gasteiger partial charge is 0.228 e. The molecule has 8 heteroatoms. The Kier molecular flexibility index (Phi) is 9.30. The molecule has 29 heavy (non-hydrogen) atoms. The van der Waals surface area contributed by atoms with E-state index < -0.39 is 38.9 Å². The van der Waals surface area contributed by atoms with Crippen LogP contribution in [0.1, 0.15) is 18.9 Å². The highest BCUT2D eigenvalue weighted by Gasteiger charge is 2.44. The molecule has 0 spiro atoms. The maximum atomic E-state index is 10.3. The number of aliphatic hydroxyl groups excluding tert-OH is 3. The van der Waals surface area contributed by atoms with Gasteiger partial charge in [0, 0.05) is 19.9 Å². The van der Waals surface area contributed by atoms with E-state index in [1.807, 2.05) is 0 Å². The van der Waals surface area contributed by atoms with Crippen LogP contribution in [-0.4, -0.2) is 62.2 Å². The van der Waals surface area contributed by atoms with Gasteiger partial charge in [0.2, 0.25) is 6.29 Å². The minimum absolute atomic E-state index is 0.128. The molecule has 0 radical (unpaired) electrons. The fourth-order valence-electron chi connectivity index (χ4n) is 2.94. The third kappa shape index (κ3) is 6.93. The minimum atomic E-state index is -1.45. The highest BCUT2D eigenvalue weighted by molar-refractivity contribution is 7.50. The lowest BCUT2D eigenvalue weighted by Crippen LogP contribution is -2.58. The lowest BCUT2D eigenvalue weighted by Gasteiger charge is -2.40. The molecule has 0 aliphatic carbocycles. The summed E-state index contributed by atoms with van der Waals surface area (Å²) in [5, 5.41) is 40.4. The van der Waals surface area contributed by atoms with E-state index in [0.29, 0.717) is 23.6 Å². The Morgan fingerprint density at radius 1 is 1.17 bits per heavy atom. The first-order chi connectivity index (χ1) is 13.8. The zero-order valence-electron chi connectivity index (χ0n) is 16.3. The molecular weight excluding hydrogens is 395 g/mol. The van der Waals surface area contributed by atoms with Gasteiger partial charge in [0.1, 0.15) is 24.1 Å². The van der Waals surface area contributed by atoms with Gasteiger partial charge in [-0.25, -0.2) is 0 Å². The minimum Gasteiger partial charge on any atom is -0.508 e. The van der Waals surface area contributed by atoms with Gasteiger partial charge in [-0.15, -0.1) is 0 Å². The van der Waals surface area contributed by atoms with Gasteiger partial charge in [-0.05, 0) is 31.6 Å². The molecule has 0 bridgehead atoms. The van der Waals surface area contributed by atoms with Crippen LogP contribution in [0.25, 0.3) is 0 Å². The molecule has 2 rings (SSSR count). The second-order valence-electron chi connectivity index (χ2n) is 6.84. The van der Waals surface area contributed by atoms with Crippen molar-refractivity contribution in [2.75, 3.05) is 6.16 Å². The maximum Gasteiger partial charge on any atom is 0.228 e. The first-order valence-corrected chi connectivity index (χ1v) is 11.0. The molecule has 160 valence electrons. The van der Waals surface area contributed by atoms with Crippen LogP contribution in [0.2, 0.25) is 0 Å². The van der Waals surface area contributed by atoms with Gasteiger partial charge in [0.15, 0.2) is 0 Å². The standard InChI is InChI=1S/C21H29O7P/c1-3-4-5-8-14(2)27-21-20(25)19(24)18(23)17(28-21)11-12-29(26)13-15-9-6-7-10-16(15)22/h3-10,17-26H,1,11-13H2,2H3/b5-4-,14-8+/t17?,18-,19?,20?,21+,29?/m1/s1. The Morgan fingerprint density at radius 2 is 1.90 bits per heavy atom. The molecule has 1 heterocycles. The number of benzene rings is 1. The third-order valence-corrected chi connectivity index (χ3v) is 6.05. The summed E-state index contributed by atoms with van der Waals surface area (Å²) in [6, 6.07) is 6.80. The zero-order chi connectivity index (χ0) is 21.4. The van der Waals surface area contributed by atoms with E-state index in [1.165, 1.54) is 0 Å². The molecule has 0 saturated carbocycles. The second kappa shape index (κ2) is 11.5. The van der Waals surface area contributed by atoms with Crippen LogP contribution in [0.5, 0.6) is 5.75 Å². The quantitative estimate of drug-likeness (QED) is 0.234. The summed E-state index contributed by atoms with van der Waals surface area (Å²) >= 11 is 0. The Balaban J connectivity index is 1.94.